The van der Waals surface area contributed by atoms with E-state index in [2.05, 4.69) is 33.0 Å². The maximum atomic E-state index is 12.0. The number of nitrogens with one attached hydrogen (secondary N) is 1. The maximum Gasteiger partial charge on any atom is 0.224 e. The zero-order valence-electron chi connectivity index (χ0n) is 12.1. The van der Waals surface area contributed by atoms with Crippen LogP contribution < -0.4 is 11.1 Å². The number of carbonyl (C=O) groups excluding carboxylic acids is 1. The lowest BCUT2D eigenvalue weighted by atomic mass is 9.84. The number of anilines is 2. The molecule has 1 atom stereocenters. The first-order chi connectivity index (χ1) is 8.67. The highest BCUT2D eigenvalue weighted by molar-refractivity contribution is 6.33. The molecule has 4 heteroatoms. The summed E-state index contributed by atoms with van der Waals surface area (Å²) >= 11 is 6.01. The zero-order chi connectivity index (χ0) is 14.6. The van der Waals surface area contributed by atoms with E-state index in [1.165, 1.54) is 0 Å². The van der Waals surface area contributed by atoms with Gasteiger partial charge in [-0.1, -0.05) is 39.3 Å². The molecule has 0 fully saturated rings. The van der Waals surface area contributed by atoms with Gasteiger partial charge in [0.2, 0.25) is 5.91 Å². The summed E-state index contributed by atoms with van der Waals surface area (Å²) in [6, 6.07) is 5.07. The van der Waals surface area contributed by atoms with E-state index in [1.54, 1.807) is 18.2 Å². The van der Waals surface area contributed by atoms with Crippen molar-refractivity contribution < 1.29 is 4.79 Å². The number of hydrogen-bond donors (Lipinski definition) is 2. The van der Waals surface area contributed by atoms with Crippen LogP contribution in [-0.2, 0) is 4.79 Å². The van der Waals surface area contributed by atoms with Crippen LogP contribution in [0.1, 0.15) is 40.5 Å². The number of benzene rings is 1. The van der Waals surface area contributed by atoms with E-state index >= 15 is 0 Å². The van der Waals surface area contributed by atoms with Crippen LogP contribution in [-0.4, -0.2) is 5.91 Å². The molecule has 0 saturated heterocycles. The van der Waals surface area contributed by atoms with Gasteiger partial charge >= 0.3 is 0 Å². The van der Waals surface area contributed by atoms with E-state index in [4.69, 9.17) is 17.3 Å². The summed E-state index contributed by atoms with van der Waals surface area (Å²) in [6.45, 7) is 8.62. The molecule has 0 heterocycles. The Hall–Kier alpha value is -1.22. The molecule has 1 unspecified atom stereocenters. The van der Waals surface area contributed by atoms with Gasteiger partial charge in [0.05, 0.1) is 10.7 Å². The standard InChI is InChI=1S/C15H23ClN2O/c1-10(9-15(2,3)4)7-14(19)18-13-8-11(17)5-6-12(13)16/h5-6,8,10H,7,9,17H2,1-4H3,(H,18,19). The van der Waals surface area contributed by atoms with Gasteiger partial charge in [0.15, 0.2) is 0 Å². The second kappa shape index (κ2) is 6.29. The Morgan fingerprint density at radius 1 is 1.42 bits per heavy atom. The van der Waals surface area contributed by atoms with E-state index in [1.807, 2.05) is 0 Å². The first-order valence-corrected chi connectivity index (χ1v) is 6.90. The third-order valence-corrected chi connectivity index (χ3v) is 3.09. The number of rotatable bonds is 4. The Kier molecular flexibility index (Phi) is 5.24. The van der Waals surface area contributed by atoms with E-state index in [9.17, 15) is 4.79 Å². The number of amides is 1. The van der Waals surface area contributed by atoms with Crippen molar-refractivity contribution in [3.05, 3.63) is 23.2 Å². The van der Waals surface area contributed by atoms with Crippen molar-refractivity contribution in [2.75, 3.05) is 11.1 Å². The van der Waals surface area contributed by atoms with E-state index in [0.29, 0.717) is 28.7 Å². The lowest BCUT2D eigenvalue weighted by Crippen LogP contribution is -2.19. The molecule has 0 aliphatic carbocycles. The minimum Gasteiger partial charge on any atom is -0.399 e. The maximum absolute atomic E-state index is 12.0. The van der Waals surface area contributed by atoms with Gasteiger partial charge in [-0.25, -0.2) is 0 Å². The van der Waals surface area contributed by atoms with Crippen LogP contribution in [0.25, 0.3) is 0 Å². The Morgan fingerprint density at radius 3 is 2.63 bits per heavy atom. The van der Waals surface area contributed by atoms with Gasteiger partial charge in [0.1, 0.15) is 0 Å². The smallest absolute Gasteiger partial charge is 0.224 e. The summed E-state index contributed by atoms with van der Waals surface area (Å²) in [7, 11) is 0. The van der Waals surface area contributed by atoms with E-state index in [0.717, 1.165) is 6.42 Å². The van der Waals surface area contributed by atoms with Crippen molar-refractivity contribution in [1.82, 2.24) is 0 Å². The van der Waals surface area contributed by atoms with Gasteiger partial charge in [-0.2, -0.15) is 0 Å². The van der Waals surface area contributed by atoms with Gasteiger partial charge in [-0.3, -0.25) is 4.79 Å². The molecule has 106 valence electrons. The van der Waals surface area contributed by atoms with Gasteiger partial charge in [-0.05, 0) is 36.0 Å². The van der Waals surface area contributed by atoms with Crippen LogP contribution in [0.15, 0.2) is 18.2 Å². The van der Waals surface area contributed by atoms with Crippen LogP contribution in [0.4, 0.5) is 11.4 Å². The Morgan fingerprint density at radius 2 is 2.05 bits per heavy atom. The third-order valence-electron chi connectivity index (χ3n) is 2.76. The molecular weight excluding hydrogens is 260 g/mol. The Balaban J connectivity index is 2.58. The van der Waals surface area contributed by atoms with Crippen LogP contribution in [0, 0.1) is 11.3 Å². The van der Waals surface area contributed by atoms with E-state index < -0.39 is 0 Å². The summed E-state index contributed by atoms with van der Waals surface area (Å²) in [6.07, 6.45) is 1.49. The highest BCUT2D eigenvalue weighted by atomic mass is 35.5. The average Bonchev–Trinajstić information content (AvgIpc) is 2.20. The normalized spacial score (nSPS) is 13.1. The Labute approximate surface area is 120 Å². The molecule has 3 nitrogen and oxygen atoms in total. The number of hydrogen-bond acceptors (Lipinski definition) is 2. The molecule has 1 rings (SSSR count). The fourth-order valence-corrected chi connectivity index (χ4v) is 2.44. The molecule has 0 aliphatic rings. The summed E-state index contributed by atoms with van der Waals surface area (Å²) in [5.41, 5.74) is 7.07. The fourth-order valence-electron chi connectivity index (χ4n) is 2.27. The lowest BCUT2D eigenvalue weighted by molar-refractivity contribution is -0.117. The number of halogens is 1. The van der Waals surface area contributed by atoms with Gasteiger partial charge in [0, 0.05) is 12.1 Å². The predicted octanol–water partition coefficient (Wildman–Crippen LogP) is 4.32. The molecule has 19 heavy (non-hydrogen) atoms. The van der Waals surface area contributed by atoms with Gasteiger partial charge in [0.25, 0.3) is 0 Å². The fraction of sp³-hybridized carbons (Fsp3) is 0.533. The van der Waals surface area contributed by atoms with Gasteiger partial charge < -0.3 is 11.1 Å². The largest absolute Gasteiger partial charge is 0.399 e. The lowest BCUT2D eigenvalue weighted by Gasteiger charge is -2.22. The molecule has 0 aliphatic heterocycles. The van der Waals surface area contributed by atoms with Crippen LogP contribution in [0.2, 0.25) is 5.02 Å². The predicted molar refractivity (Wildman–Crippen MR) is 82.3 cm³/mol. The second-order valence-corrected chi connectivity index (χ2v) is 6.77. The van der Waals surface area contributed by atoms with Crippen molar-refractivity contribution in [3.63, 3.8) is 0 Å². The summed E-state index contributed by atoms with van der Waals surface area (Å²) < 4.78 is 0. The molecule has 3 N–H and O–H groups in total. The zero-order valence-corrected chi connectivity index (χ0v) is 12.8. The highest BCUT2D eigenvalue weighted by Crippen LogP contribution is 2.27. The molecule has 0 saturated carbocycles. The molecule has 1 aromatic carbocycles. The monoisotopic (exact) mass is 282 g/mol. The second-order valence-electron chi connectivity index (χ2n) is 6.36. The Bertz CT molecular complexity index is 452. The van der Waals surface area contributed by atoms with Crippen molar-refractivity contribution in [1.29, 1.82) is 0 Å². The topological polar surface area (TPSA) is 55.1 Å². The van der Waals surface area contributed by atoms with Crippen LogP contribution >= 0.6 is 11.6 Å². The highest BCUT2D eigenvalue weighted by Gasteiger charge is 2.18. The van der Waals surface area contributed by atoms with E-state index in [-0.39, 0.29) is 11.3 Å². The van der Waals surface area contributed by atoms with Crippen LogP contribution in [0.3, 0.4) is 0 Å². The molecule has 0 bridgehead atoms. The summed E-state index contributed by atoms with van der Waals surface area (Å²) in [4.78, 5) is 12.0. The SMILES string of the molecule is CC(CC(=O)Nc1cc(N)ccc1Cl)CC(C)(C)C. The minimum atomic E-state index is -0.0238. The first-order valence-electron chi connectivity index (χ1n) is 6.52. The molecule has 1 amide bonds. The van der Waals surface area contributed by atoms with Crippen molar-refractivity contribution in [3.8, 4) is 0 Å². The minimum absolute atomic E-state index is 0.0238. The molecule has 1 aromatic rings. The van der Waals surface area contributed by atoms with Crippen molar-refractivity contribution in [2.24, 2.45) is 11.3 Å². The van der Waals surface area contributed by atoms with Gasteiger partial charge in [-0.15, -0.1) is 0 Å². The van der Waals surface area contributed by atoms with Crippen molar-refractivity contribution >= 4 is 28.9 Å². The first kappa shape index (κ1) is 15.8. The molecule has 0 aromatic heterocycles. The summed E-state index contributed by atoms with van der Waals surface area (Å²) in [5, 5.41) is 3.32. The van der Waals surface area contributed by atoms with Crippen molar-refractivity contribution in [2.45, 2.75) is 40.5 Å². The molecule has 0 radical (unpaired) electrons. The number of nitrogen functional groups attached to an aromatic ring is 1. The number of nitrogens with two attached hydrogens (primary N) is 1. The third kappa shape index (κ3) is 5.97. The average molecular weight is 283 g/mol. The molecule has 0 spiro atoms. The quantitative estimate of drug-likeness (QED) is 0.808. The molecular formula is C15H23ClN2O. The van der Waals surface area contributed by atoms with Crippen LogP contribution in [0.5, 0.6) is 0 Å². The number of carbonyl (C=O) groups is 1. The summed E-state index contributed by atoms with van der Waals surface area (Å²) in [5.74, 6) is 0.309.